The third kappa shape index (κ3) is 3.62. The molecule has 2 aromatic carbocycles. The molecule has 0 spiro atoms. The number of ketones is 1. The second-order valence-electron chi connectivity index (χ2n) is 4.88. The maximum atomic E-state index is 11.7. The Morgan fingerprint density at radius 3 is 2.48 bits per heavy atom. The zero-order chi connectivity index (χ0) is 15.4. The number of halogens is 1. The first-order chi connectivity index (χ1) is 10.0. The van der Waals surface area contributed by atoms with Crippen molar-refractivity contribution in [1.82, 2.24) is 0 Å². The summed E-state index contributed by atoms with van der Waals surface area (Å²) in [5.41, 5.74) is 3.00. The summed E-state index contributed by atoms with van der Waals surface area (Å²) in [5, 5.41) is 9.72. The summed E-state index contributed by atoms with van der Waals surface area (Å²) in [6, 6.07) is 14.8. The number of nitrogens with zero attached hydrogens (tertiary/aromatic N) is 2. The highest BCUT2D eigenvalue weighted by atomic mass is 35.5. The standard InChI is InChI=1S/C17H15ClN2O/c1-12(21)16-8-5-14(10-19)9-17(16)20(2)11-13-3-6-15(18)7-4-13/h3-9H,11H2,1-2H3. The molecule has 4 heteroatoms. The summed E-state index contributed by atoms with van der Waals surface area (Å²) < 4.78 is 0. The van der Waals surface area contributed by atoms with Gasteiger partial charge in [-0.05, 0) is 42.8 Å². The summed E-state index contributed by atoms with van der Waals surface area (Å²) in [6.45, 7) is 2.16. The highest BCUT2D eigenvalue weighted by Crippen LogP contribution is 2.24. The molecule has 0 aromatic heterocycles. The maximum absolute atomic E-state index is 11.7. The zero-order valence-electron chi connectivity index (χ0n) is 11.9. The van der Waals surface area contributed by atoms with Crippen molar-refractivity contribution in [3.63, 3.8) is 0 Å². The Bertz CT molecular complexity index is 702. The van der Waals surface area contributed by atoms with Gasteiger partial charge < -0.3 is 4.90 Å². The molecular weight excluding hydrogens is 284 g/mol. The molecule has 0 N–H and O–H groups in total. The first-order valence-electron chi connectivity index (χ1n) is 6.52. The number of nitriles is 1. The van der Waals surface area contributed by atoms with Crippen LogP contribution in [0.1, 0.15) is 28.4 Å². The van der Waals surface area contributed by atoms with E-state index in [1.165, 1.54) is 6.92 Å². The topological polar surface area (TPSA) is 44.1 Å². The van der Waals surface area contributed by atoms with Crippen molar-refractivity contribution < 1.29 is 4.79 Å². The quantitative estimate of drug-likeness (QED) is 0.800. The molecular formula is C17H15ClN2O. The fourth-order valence-electron chi connectivity index (χ4n) is 2.16. The van der Waals surface area contributed by atoms with E-state index in [4.69, 9.17) is 16.9 Å². The molecule has 3 nitrogen and oxygen atoms in total. The van der Waals surface area contributed by atoms with Crippen molar-refractivity contribution in [2.45, 2.75) is 13.5 Å². The van der Waals surface area contributed by atoms with Crippen LogP contribution in [0.25, 0.3) is 0 Å². The van der Waals surface area contributed by atoms with E-state index in [1.807, 2.05) is 36.2 Å². The van der Waals surface area contributed by atoms with E-state index in [1.54, 1.807) is 18.2 Å². The van der Waals surface area contributed by atoms with Gasteiger partial charge in [-0.15, -0.1) is 0 Å². The van der Waals surface area contributed by atoms with E-state index in [2.05, 4.69) is 6.07 Å². The number of Topliss-reactive ketones (excluding diaryl/α,β-unsaturated/α-hetero) is 1. The van der Waals surface area contributed by atoms with Gasteiger partial charge in [0.25, 0.3) is 0 Å². The van der Waals surface area contributed by atoms with Crippen LogP contribution in [0.3, 0.4) is 0 Å². The molecule has 2 rings (SSSR count). The second-order valence-corrected chi connectivity index (χ2v) is 5.32. The van der Waals surface area contributed by atoms with Crippen molar-refractivity contribution >= 4 is 23.1 Å². The van der Waals surface area contributed by atoms with Gasteiger partial charge in [-0.2, -0.15) is 5.26 Å². The molecule has 0 bridgehead atoms. The molecule has 106 valence electrons. The van der Waals surface area contributed by atoms with E-state index < -0.39 is 0 Å². The maximum Gasteiger partial charge on any atom is 0.161 e. The van der Waals surface area contributed by atoms with E-state index >= 15 is 0 Å². The van der Waals surface area contributed by atoms with Crippen LogP contribution in [-0.4, -0.2) is 12.8 Å². The lowest BCUT2D eigenvalue weighted by atomic mass is 10.0. The van der Waals surface area contributed by atoms with Gasteiger partial charge in [0, 0.05) is 29.9 Å². The zero-order valence-corrected chi connectivity index (χ0v) is 12.7. The SMILES string of the molecule is CC(=O)c1ccc(C#N)cc1N(C)Cc1ccc(Cl)cc1. The van der Waals surface area contributed by atoms with Gasteiger partial charge in [0.1, 0.15) is 0 Å². The molecule has 0 fully saturated rings. The lowest BCUT2D eigenvalue weighted by Gasteiger charge is -2.22. The summed E-state index contributed by atoms with van der Waals surface area (Å²) in [6.07, 6.45) is 0. The highest BCUT2D eigenvalue weighted by molar-refractivity contribution is 6.30. The number of carbonyl (C=O) groups excluding carboxylic acids is 1. The normalized spacial score (nSPS) is 10.0. The molecule has 0 unspecified atom stereocenters. The van der Waals surface area contributed by atoms with Gasteiger partial charge in [0.15, 0.2) is 5.78 Å². The summed E-state index contributed by atoms with van der Waals surface area (Å²) in [7, 11) is 1.90. The fraction of sp³-hybridized carbons (Fsp3) is 0.176. The molecule has 21 heavy (non-hydrogen) atoms. The van der Waals surface area contributed by atoms with Gasteiger partial charge in [0.05, 0.1) is 11.6 Å². The third-order valence-electron chi connectivity index (χ3n) is 3.25. The molecule has 0 aliphatic heterocycles. The molecule has 0 radical (unpaired) electrons. The molecule has 2 aromatic rings. The average Bonchev–Trinajstić information content (AvgIpc) is 2.48. The minimum Gasteiger partial charge on any atom is -0.370 e. The lowest BCUT2D eigenvalue weighted by molar-refractivity contribution is 0.101. The van der Waals surface area contributed by atoms with Crippen LogP contribution in [0.15, 0.2) is 42.5 Å². The third-order valence-corrected chi connectivity index (χ3v) is 3.50. The molecule has 0 heterocycles. The van der Waals surface area contributed by atoms with Crippen molar-refractivity contribution in [1.29, 1.82) is 5.26 Å². The monoisotopic (exact) mass is 298 g/mol. The summed E-state index contributed by atoms with van der Waals surface area (Å²) >= 11 is 5.88. The Hall–Kier alpha value is -2.31. The first kappa shape index (κ1) is 15.1. The number of benzene rings is 2. The number of hydrogen-bond acceptors (Lipinski definition) is 3. The lowest BCUT2D eigenvalue weighted by Crippen LogP contribution is -2.19. The smallest absolute Gasteiger partial charge is 0.161 e. The first-order valence-corrected chi connectivity index (χ1v) is 6.89. The average molecular weight is 299 g/mol. The molecule has 0 aliphatic carbocycles. The van der Waals surface area contributed by atoms with Gasteiger partial charge in [-0.3, -0.25) is 4.79 Å². The Morgan fingerprint density at radius 1 is 1.24 bits per heavy atom. The van der Waals surface area contributed by atoms with Gasteiger partial charge in [-0.1, -0.05) is 23.7 Å². The Morgan fingerprint density at radius 2 is 1.90 bits per heavy atom. The fourth-order valence-corrected chi connectivity index (χ4v) is 2.29. The van der Waals surface area contributed by atoms with Gasteiger partial charge >= 0.3 is 0 Å². The van der Waals surface area contributed by atoms with Crippen molar-refractivity contribution in [2.75, 3.05) is 11.9 Å². The van der Waals surface area contributed by atoms with Crippen LogP contribution >= 0.6 is 11.6 Å². The van der Waals surface area contributed by atoms with Crippen LogP contribution in [-0.2, 0) is 6.54 Å². The minimum atomic E-state index is -0.0163. The van der Waals surface area contributed by atoms with Crippen LogP contribution in [0.2, 0.25) is 5.02 Å². The molecule has 0 amide bonds. The minimum absolute atomic E-state index is 0.0163. The largest absolute Gasteiger partial charge is 0.370 e. The van der Waals surface area contributed by atoms with Crippen molar-refractivity contribution in [3.8, 4) is 6.07 Å². The molecule has 0 saturated carbocycles. The van der Waals surface area contributed by atoms with Crippen LogP contribution in [0.4, 0.5) is 5.69 Å². The molecule has 0 atom stereocenters. The van der Waals surface area contributed by atoms with Gasteiger partial charge in [0.2, 0.25) is 0 Å². The van der Waals surface area contributed by atoms with Crippen LogP contribution in [0, 0.1) is 11.3 Å². The Kier molecular flexibility index (Phi) is 4.62. The summed E-state index contributed by atoms with van der Waals surface area (Å²) in [4.78, 5) is 13.7. The van der Waals surface area contributed by atoms with E-state index in [-0.39, 0.29) is 5.78 Å². The van der Waals surface area contributed by atoms with Gasteiger partial charge in [-0.25, -0.2) is 0 Å². The van der Waals surface area contributed by atoms with Crippen molar-refractivity contribution in [3.05, 3.63) is 64.2 Å². The number of anilines is 1. The predicted molar refractivity (Wildman–Crippen MR) is 84.7 cm³/mol. The van der Waals surface area contributed by atoms with Crippen molar-refractivity contribution in [2.24, 2.45) is 0 Å². The van der Waals surface area contributed by atoms with E-state index in [9.17, 15) is 4.79 Å². The Balaban J connectivity index is 2.33. The Labute approximate surface area is 129 Å². The second kappa shape index (κ2) is 6.43. The number of hydrogen-bond donors (Lipinski definition) is 0. The van der Waals surface area contributed by atoms with E-state index in [0.717, 1.165) is 11.3 Å². The summed E-state index contributed by atoms with van der Waals surface area (Å²) in [5.74, 6) is -0.0163. The van der Waals surface area contributed by atoms with Crippen LogP contribution in [0.5, 0.6) is 0 Å². The highest BCUT2D eigenvalue weighted by Gasteiger charge is 2.12. The predicted octanol–water partition coefficient (Wildman–Crippen LogP) is 4.05. The number of rotatable bonds is 4. The molecule has 0 aliphatic rings. The molecule has 0 saturated heterocycles. The van der Waals surface area contributed by atoms with Crippen LogP contribution < -0.4 is 4.90 Å². The number of carbonyl (C=O) groups is 1. The van der Waals surface area contributed by atoms with E-state index in [0.29, 0.717) is 22.7 Å².